The summed E-state index contributed by atoms with van der Waals surface area (Å²) in [6.07, 6.45) is 6.26. The van der Waals surface area contributed by atoms with E-state index in [1.54, 1.807) is 18.7 Å². The van der Waals surface area contributed by atoms with Crippen LogP contribution in [0.1, 0.15) is 30.8 Å². The summed E-state index contributed by atoms with van der Waals surface area (Å²) in [7, 11) is 1.93. The van der Waals surface area contributed by atoms with Gasteiger partial charge in [-0.25, -0.2) is 15.1 Å². The molecule has 0 fully saturated rings. The second-order valence-electron chi connectivity index (χ2n) is 3.91. The zero-order chi connectivity index (χ0) is 12.3. The maximum atomic E-state index is 5.63. The van der Waals surface area contributed by atoms with Crippen LogP contribution in [0.5, 0.6) is 0 Å². The monoisotopic (exact) mass is 235 g/mol. The quantitative estimate of drug-likeness (QED) is 0.561. The Morgan fingerprint density at radius 3 is 2.82 bits per heavy atom. The molecule has 0 aliphatic rings. The second-order valence-corrected chi connectivity index (χ2v) is 3.91. The first-order valence-corrected chi connectivity index (χ1v) is 5.58. The van der Waals surface area contributed by atoms with Gasteiger partial charge >= 0.3 is 0 Å². The summed E-state index contributed by atoms with van der Waals surface area (Å²) in [5.41, 5.74) is 4.71. The highest BCUT2D eigenvalue weighted by Crippen LogP contribution is 2.19. The molecule has 0 spiro atoms. The van der Waals surface area contributed by atoms with E-state index in [2.05, 4.69) is 27.6 Å². The lowest BCUT2D eigenvalue weighted by atomic mass is 10.1. The van der Waals surface area contributed by atoms with Crippen LogP contribution in [0.4, 0.5) is 0 Å². The molecule has 1 atom stereocenters. The van der Waals surface area contributed by atoms with E-state index in [1.807, 2.05) is 16.3 Å². The van der Waals surface area contributed by atoms with Crippen LogP contribution < -0.4 is 11.3 Å². The number of imidazole rings is 1. The van der Waals surface area contributed by atoms with Crippen LogP contribution in [0.15, 0.2) is 18.7 Å². The molecule has 2 heterocycles. The highest BCUT2D eigenvalue weighted by Gasteiger charge is 2.20. The molecule has 3 N–H and O–H groups in total. The molecule has 17 heavy (non-hydrogen) atoms. The van der Waals surface area contributed by atoms with Crippen molar-refractivity contribution in [2.75, 3.05) is 0 Å². The van der Waals surface area contributed by atoms with Crippen molar-refractivity contribution >= 4 is 0 Å². The molecule has 0 saturated heterocycles. The van der Waals surface area contributed by atoms with Gasteiger partial charge in [0.2, 0.25) is 0 Å². The lowest BCUT2D eigenvalue weighted by molar-refractivity contribution is 0.500. The van der Waals surface area contributed by atoms with Crippen LogP contribution in [0, 0.1) is 0 Å². The maximum Gasteiger partial charge on any atom is 0.106 e. The SMILES string of the molecule is CCCn1nncc1C(NN)c1cncn1C. The molecule has 0 saturated carbocycles. The lowest BCUT2D eigenvalue weighted by Crippen LogP contribution is -2.32. The summed E-state index contributed by atoms with van der Waals surface area (Å²) in [5.74, 6) is 5.63. The number of hydrogen-bond acceptors (Lipinski definition) is 5. The zero-order valence-electron chi connectivity index (χ0n) is 10.0. The molecule has 0 aliphatic carbocycles. The molecular weight excluding hydrogens is 218 g/mol. The zero-order valence-corrected chi connectivity index (χ0v) is 10.0. The predicted molar refractivity (Wildman–Crippen MR) is 62.7 cm³/mol. The van der Waals surface area contributed by atoms with Gasteiger partial charge < -0.3 is 4.57 Å². The van der Waals surface area contributed by atoms with Gasteiger partial charge in [0.1, 0.15) is 6.04 Å². The minimum atomic E-state index is -0.149. The Labute approximate surface area is 99.6 Å². The Morgan fingerprint density at radius 1 is 1.41 bits per heavy atom. The highest BCUT2D eigenvalue weighted by atomic mass is 15.4. The number of nitrogens with one attached hydrogen (secondary N) is 1. The summed E-state index contributed by atoms with van der Waals surface area (Å²) in [4.78, 5) is 4.09. The molecule has 2 aromatic heterocycles. The lowest BCUT2D eigenvalue weighted by Gasteiger charge is -2.17. The van der Waals surface area contributed by atoms with Crippen LogP contribution in [-0.2, 0) is 13.6 Å². The van der Waals surface area contributed by atoms with Crippen molar-refractivity contribution < 1.29 is 0 Å². The van der Waals surface area contributed by atoms with Gasteiger partial charge in [-0.3, -0.25) is 5.84 Å². The van der Waals surface area contributed by atoms with E-state index in [0.29, 0.717) is 0 Å². The topological polar surface area (TPSA) is 86.6 Å². The summed E-state index contributed by atoms with van der Waals surface area (Å²) >= 11 is 0. The number of hydrazine groups is 1. The number of aromatic nitrogens is 5. The van der Waals surface area contributed by atoms with Gasteiger partial charge in [-0.1, -0.05) is 12.1 Å². The van der Waals surface area contributed by atoms with E-state index in [-0.39, 0.29) is 6.04 Å². The fraction of sp³-hybridized carbons (Fsp3) is 0.500. The van der Waals surface area contributed by atoms with Crippen LogP contribution in [0.25, 0.3) is 0 Å². The fourth-order valence-corrected chi connectivity index (χ4v) is 1.84. The summed E-state index contributed by atoms with van der Waals surface area (Å²) in [6.45, 7) is 2.92. The highest BCUT2D eigenvalue weighted by molar-refractivity contribution is 5.18. The molecule has 0 bridgehead atoms. The van der Waals surface area contributed by atoms with Gasteiger partial charge in [0, 0.05) is 13.6 Å². The van der Waals surface area contributed by atoms with Gasteiger partial charge in [0.05, 0.1) is 30.1 Å². The van der Waals surface area contributed by atoms with Crippen molar-refractivity contribution in [2.45, 2.75) is 25.9 Å². The maximum absolute atomic E-state index is 5.63. The van der Waals surface area contributed by atoms with Crippen LogP contribution in [0.2, 0.25) is 0 Å². The van der Waals surface area contributed by atoms with E-state index < -0.39 is 0 Å². The standard InChI is InChI=1S/C10H17N7/c1-3-4-17-9(6-13-15-17)10(14-11)8-5-12-7-16(8)2/h5-7,10,14H,3-4,11H2,1-2H3. The van der Waals surface area contributed by atoms with Gasteiger partial charge in [-0.2, -0.15) is 0 Å². The van der Waals surface area contributed by atoms with Crippen molar-refractivity contribution in [3.05, 3.63) is 30.1 Å². The Hall–Kier alpha value is -1.73. The molecule has 2 rings (SSSR count). The van der Waals surface area contributed by atoms with Crippen molar-refractivity contribution in [1.29, 1.82) is 0 Å². The predicted octanol–water partition coefficient (Wildman–Crippen LogP) is -0.0257. The number of aryl methyl sites for hydroxylation is 2. The fourth-order valence-electron chi connectivity index (χ4n) is 1.84. The minimum absolute atomic E-state index is 0.149. The van der Waals surface area contributed by atoms with Crippen LogP contribution in [0.3, 0.4) is 0 Å². The molecule has 92 valence electrons. The third-order valence-electron chi connectivity index (χ3n) is 2.70. The van der Waals surface area contributed by atoms with Gasteiger partial charge in [-0.05, 0) is 6.42 Å². The molecule has 0 radical (unpaired) electrons. The average molecular weight is 235 g/mol. The first kappa shape index (κ1) is 11.7. The first-order chi connectivity index (χ1) is 8.27. The van der Waals surface area contributed by atoms with Crippen molar-refractivity contribution in [2.24, 2.45) is 12.9 Å². The van der Waals surface area contributed by atoms with Crippen LogP contribution >= 0.6 is 0 Å². The molecular formula is C10H17N7. The first-order valence-electron chi connectivity index (χ1n) is 5.58. The molecule has 2 aromatic rings. The number of hydrogen-bond donors (Lipinski definition) is 2. The normalized spacial score (nSPS) is 12.9. The molecule has 0 aliphatic heterocycles. The van der Waals surface area contributed by atoms with Crippen molar-refractivity contribution in [3.8, 4) is 0 Å². The number of rotatable bonds is 5. The summed E-state index contributed by atoms with van der Waals surface area (Å²) in [6, 6.07) is -0.149. The van der Waals surface area contributed by atoms with Crippen LogP contribution in [-0.4, -0.2) is 24.5 Å². The molecule has 1 unspecified atom stereocenters. The Kier molecular flexibility index (Phi) is 3.50. The third kappa shape index (κ3) is 2.20. The largest absolute Gasteiger partial charge is 0.336 e. The van der Waals surface area contributed by atoms with Crippen molar-refractivity contribution in [3.63, 3.8) is 0 Å². The molecule has 7 nitrogen and oxygen atoms in total. The average Bonchev–Trinajstić information content (AvgIpc) is 2.92. The second kappa shape index (κ2) is 5.07. The number of nitrogens with zero attached hydrogens (tertiary/aromatic N) is 5. The summed E-state index contributed by atoms with van der Waals surface area (Å²) in [5, 5.41) is 7.99. The summed E-state index contributed by atoms with van der Waals surface area (Å²) < 4.78 is 3.78. The molecule has 0 amide bonds. The number of nitrogens with two attached hydrogens (primary N) is 1. The van der Waals surface area contributed by atoms with E-state index in [4.69, 9.17) is 5.84 Å². The minimum Gasteiger partial charge on any atom is -0.336 e. The van der Waals surface area contributed by atoms with E-state index in [0.717, 1.165) is 24.4 Å². The van der Waals surface area contributed by atoms with E-state index in [9.17, 15) is 0 Å². The van der Waals surface area contributed by atoms with Gasteiger partial charge in [0.25, 0.3) is 0 Å². The third-order valence-corrected chi connectivity index (χ3v) is 2.70. The van der Waals surface area contributed by atoms with E-state index in [1.165, 1.54) is 0 Å². The van der Waals surface area contributed by atoms with E-state index >= 15 is 0 Å². The molecule has 0 aromatic carbocycles. The van der Waals surface area contributed by atoms with Gasteiger partial charge in [0.15, 0.2) is 0 Å². The Bertz CT molecular complexity index is 472. The Balaban J connectivity index is 2.35. The Morgan fingerprint density at radius 2 is 2.24 bits per heavy atom. The smallest absolute Gasteiger partial charge is 0.106 e. The molecule has 7 heteroatoms. The van der Waals surface area contributed by atoms with Gasteiger partial charge in [-0.15, -0.1) is 5.10 Å². The van der Waals surface area contributed by atoms with Crippen molar-refractivity contribution in [1.82, 2.24) is 30.0 Å².